The molecule has 0 aliphatic carbocycles. The van der Waals surface area contributed by atoms with Crippen molar-refractivity contribution in [1.29, 1.82) is 0 Å². The minimum atomic E-state index is 0.289. The van der Waals surface area contributed by atoms with Gasteiger partial charge in [-0.05, 0) is 74.2 Å². The van der Waals surface area contributed by atoms with E-state index in [1.807, 2.05) is 38.5 Å². The molecule has 0 atom stereocenters. The Balaban J connectivity index is 0.000000171. The van der Waals surface area contributed by atoms with E-state index in [4.69, 9.17) is 11.5 Å². The zero-order chi connectivity index (χ0) is 22.0. The monoisotopic (exact) mass is 440 g/mol. The van der Waals surface area contributed by atoms with Gasteiger partial charge in [-0.2, -0.15) is 0 Å². The molecule has 0 radical (unpaired) electrons. The van der Waals surface area contributed by atoms with Gasteiger partial charge in [0, 0.05) is 21.9 Å². The lowest BCUT2D eigenvalue weighted by atomic mass is 10.0. The molecule has 0 spiro atoms. The molecule has 4 aromatic rings. The predicted octanol–water partition coefficient (Wildman–Crippen LogP) is 5.43. The van der Waals surface area contributed by atoms with Crippen LogP contribution in [0.5, 0.6) is 11.5 Å². The maximum Gasteiger partial charge on any atom is 0.180 e. The third kappa shape index (κ3) is 4.72. The van der Waals surface area contributed by atoms with Crippen LogP contribution in [-0.4, -0.2) is 20.2 Å². The Hall–Kier alpha value is -3.10. The van der Waals surface area contributed by atoms with Gasteiger partial charge >= 0.3 is 0 Å². The fourth-order valence-corrected chi connectivity index (χ4v) is 4.60. The van der Waals surface area contributed by atoms with Crippen LogP contribution in [0.25, 0.3) is 22.5 Å². The van der Waals surface area contributed by atoms with Crippen molar-refractivity contribution in [3.63, 3.8) is 0 Å². The summed E-state index contributed by atoms with van der Waals surface area (Å²) in [4.78, 5) is 8.49. The topological polar surface area (TPSA) is 118 Å². The lowest BCUT2D eigenvalue weighted by Gasteiger charge is -2.07. The maximum atomic E-state index is 9.43. The molecule has 0 saturated heterocycles. The normalized spacial score (nSPS) is 10.5. The van der Waals surface area contributed by atoms with Gasteiger partial charge in [0.1, 0.15) is 11.5 Å². The van der Waals surface area contributed by atoms with Crippen molar-refractivity contribution in [2.24, 2.45) is 0 Å². The van der Waals surface area contributed by atoms with Crippen LogP contribution in [0.1, 0.15) is 22.3 Å². The number of thiazole rings is 2. The van der Waals surface area contributed by atoms with Crippen molar-refractivity contribution in [1.82, 2.24) is 9.97 Å². The largest absolute Gasteiger partial charge is 0.508 e. The van der Waals surface area contributed by atoms with Crippen LogP contribution in [0, 0.1) is 27.7 Å². The van der Waals surface area contributed by atoms with E-state index in [1.54, 1.807) is 24.3 Å². The number of nitrogens with two attached hydrogens (primary N) is 2. The van der Waals surface area contributed by atoms with Crippen molar-refractivity contribution < 1.29 is 10.2 Å². The van der Waals surface area contributed by atoms with Crippen LogP contribution in [0.4, 0.5) is 10.3 Å². The number of nitrogens with zero attached hydrogens (tertiary/aromatic N) is 2. The number of aromatic nitrogens is 2. The summed E-state index contributed by atoms with van der Waals surface area (Å²) in [6, 6.07) is 6.94. The second kappa shape index (κ2) is 8.73. The second-order valence-electron chi connectivity index (χ2n) is 7.05. The van der Waals surface area contributed by atoms with Gasteiger partial charge in [-0.3, -0.25) is 0 Å². The summed E-state index contributed by atoms with van der Waals surface area (Å²) in [6.07, 6.45) is 0. The Morgan fingerprint density at radius 1 is 0.633 bits per heavy atom. The van der Waals surface area contributed by atoms with Crippen LogP contribution in [0.3, 0.4) is 0 Å². The Bertz CT molecular complexity index is 1060. The zero-order valence-corrected chi connectivity index (χ0v) is 18.9. The average Bonchev–Trinajstić information content (AvgIpc) is 3.22. The number of aromatic hydroxyl groups is 2. The zero-order valence-electron chi connectivity index (χ0n) is 17.2. The average molecular weight is 441 g/mol. The first-order valence-corrected chi connectivity index (χ1v) is 10.9. The molecular weight excluding hydrogens is 416 g/mol. The fraction of sp³-hybridized carbons (Fsp3) is 0.182. The van der Waals surface area contributed by atoms with Gasteiger partial charge in [0.15, 0.2) is 10.3 Å². The molecule has 2 aromatic carbocycles. The molecule has 2 heterocycles. The van der Waals surface area contributed by atoms with Crippen molar-refractivity contribution >= 4 is 32.9 Å². The molecule has 6 nitrogen and oxygen atoms in total. The minimum absolute atomic E-state index is 0.289. The molecule has 0 amide bonds. The molecule has 0 aliphatic heterocycles. The van der Waals surface area contributed by atoms with Gasteiger partial charge in [-0.1, -0.05) is 0 Å². The van der Waals surface area contributed by atoms with Gasteiger partial charge in [0.05, 0.1) is 11.4 Å². The van der Waals surface area contributed by atoms with Crippen molar-refractivity contribution in [2.75, 3.05) is 11.5 Å². The Labute approximate surface area is 183 Å². The van der Waals surface area contributed by atoms with E-state index in [2.05, 4.69) is 9.97 Å². The summed E-state index contributed by atoms with van der Waals surface area (Å²) in [7, 11) is 0. The van der Waals surface area contributed by atoms with E-state index >= 15 is 0 Å². The lowest BCUT2D eigenvalue weighted by Crippen LogP contribution is -1.89. The summed E-state index contributed by atoms with van der Waals surface area (Å²) < 4.78 is 0. The number of phenols is 2. The van der Waals surface area contributed by atoms with Gasteiger partial charge in [-0.15, -0.1) is 22.7 Å². The molecule has 0 fully saturated rings. The molecule has 2 aromatic heterocycles. The third-order valence-corrected chi connectivity index (χ3v) is 5.94. The molecule has 4 rings (SSSR count). The Morgan fingerprint density at radius 3 is 1.17 bits per heavy atom. The second-order valence-corrected chi connectivity index (χ2v) is 8.83. The van der Waals surface area contributed by atoms with E-state index in [9.17, 15) is 10.2 Å². The SMILES string of the molecule is Cc1cc(O)cc(C)c1-c1csc(N)n1.Cc1cc(O)cc(C)c1-c1csc(N)n1. The highest BCUT2D eigenvalue weighted by molar-refractivity contribution is 7.14. The molecular formula is C22H24N4O2S2. The highest BCUT2D eigenvalue weighted by Gasteiger charge is 2.11. The van der Waals surface area contributed by atoms with Crippen molar-refractivity contribution in [2.45, 2.75) is 27.7 Å². The quantitative estimate of drug-likeness (QED) is 0.330. The summed E-state index contributed by atoms with van der Waals surface area (Å²) in [5.74, 6) is 0.578. The van der Waals surface area contributed by atoms with E-state index in [0.717, 1.165) is 44.8 Å². The number of aryl methyl sites for hydroxylation is 4. The first-order valence-electron chi connectivity index (χ1n) is 9.19. The van der Waals surface area contributed by atoms with Crippen molar-refractivity contribution in [3.05, 3.63) is 57.3 Å². The number of anilines is 2. The molecule has 0 unspecified atom stereocenters. The summed E-state index contributed by atoms with van der Waals surface area (Å²) in [6.45, 7) is 7.82. The molecule has 6 N–H and O–H groups in total. The number of nitrogen functional groups attached to an aromatic ring is 2. The third-order valence-electron chi connectivity index (χ3n) is 4.59. The maximum absolute atomic E-state index is 9.43. The molecule has 0 saturated carbocycles. The summed E-state index contributed by atoms with van der Waals surface area (Å²) in [5, 5.41) is 23.9. The van der Waals surface area contributed by atoms with Crippen LogP contribution < -0.4 is 11.5 Å². The van der Waals surface area contributed by atoms with E-state index in [1.165, 1.54) is 22.7 Å². The summed E-state index contributed by atoms with van der Waals surface area (Å²) in [5.41, 5.74) is 19.1. The summed E-state index contributed by atoms with van der Waals surface area (Å²) >= 11 is 2.85. The molecule has 0 bridgehead atoms. The molecule has 30 heavy (non-hydrogen) atoms. The van der Waals surface area contributed by atoms with E-state index < -0.39 is 0 Å². The minimum Gasteiger partial charge on any atom is -0.508 e. The van der Waals surface area contributed by atoms with Crippen molar-refractivity contribution in [3.8, 4) is 34.0 Å². The van der Waals surface area contributed by atoms with Crippen LogP contribution in [0.15, 0.2) is 35.0 Å². The highest BCUT2D eigenvalue weighted by Crippen LogP contribution is 2.32. The van der Waals surface area contributed by atoms with Gasteiger partial charge in [-0.25, -0.2) is 9.97 Å². The first-order chi connectivity index (χ1) is 14.2. The van der Waals surface area contributed by atoms with Crippen LogP contribution >= 0.6 is 22.7 Å². The van der Waals surface area contributed by atoms with Gasteiger partial charge < -0.3 is 21.7 Å². The number of phenolic OH excluding ortho intramolecular Hbond substituents is 2. The number of rotatable bonds is 2. The Morgan fingerprint density at radius 2 is 0.933 bits per heavy atom. The van der Waals surface area contributed by atoms with Gasteiger partial charge in [0.2, 0.25) is 0 Å². The molecule has 8 heteroatoms. The van der Waals surface area contributed by atoms with Gasteiger partial charge in [0.25, 0.3) is 0 Å². The lowest BCUT2D eigenvalue weighted by molar-refractivity contribution is 0.474. The van der Waals surface area contributed by atoms with E-state index in [-0.39, 0.29) is 11.5 Å². The molecule has 0 aliphatic rings. The predicted molar refractivity (Wildman–Crippen MR) is 126 cm³/mol. The molecule has 156 valence electrons. The number of hydrogen-bond acceptors (Lipinski definition) is 8. The fourth-order valence-electron chi connectivity index (χ4n) is 3.49. The smallest absolute Gasteiger partial charge is 0.180 e. The number of benzene rings is 2. The van der Waals surface area contributed by atoms with Crippen LogP contribution in [-0.2, 0) is 0 Å². The Kier molecular flexibility index (Phi) is 6.28. The first kappa shape index (κ1) is 21.6. The van der Waals surface area contributed by atoms with Crippen LogP contribution in [0.2, 0.25) is 0 Å². The standard InChI is InChI=1S/2C11H12N2OS/c2*1-6-3-8(14)4-7(2)10(6)9-5-15-11(12)13-9/h2*3-5,14H,1-2H3,(H2,12,13). The highest BCUT2D eigenvalue weighted by atomic mass is 32.1. The van der Waals surface area contributed by atoms with E-state index in [0.29, 0.717) is 10.3 Å². The number of hydrogen-bond donors (Lipinski definition) is 4.